The van der Waals surface area contributed by atoms with Crippen LogP contribution in [-0.4, -0.2) is 12.6 Å². The first-order valence-corrected chi connectivity index (χ1v) is 9.63. The van der Waals surface area contributed by atoms with Crippen LogP contribution in [0.3, 0.4) is 0 Å². The minimum Gasteiger partial charge on any atom is -0.493 e. The third-order valence-corrected chi connectivity index (χ3v) is 4.69. The molecule has 1 atom stereocenters. The van der Waals surface area contributed by atoms with Crippen LogP contribution >= 0.6 is 0 Å². The number of hydrogen-bond acceptors (Lipinski definition) is 2. The normalized spacial score (nSPS) is 16.6. The van der Waals surface area contributed by atoms with Gasteiger partial charge >= 0.3 is 6.18 Å². The summed E-state index contributed by atoms with van der Waals surface area (Å²) in [6.45, 7) is 12.5. The molecule has 0 aliphatic heterocycles. The molecule has 1 saturated carbocycles. The molecule has 0 heterocycles. The maximum Gasteiger partial charge on any atom is 0.416 e. The first-order valence-electron chi connectivity index (χ1n) is 9.63. The second-order valence-electron chi connectivity index (χ2n) is 7.28. The molecule has 1 aliphatic rings. The van der Waals surface area contributed by atoms with E-state index in [4.69, 9.17) is 4.74 Å². The number of benzene rings is 1. The predicted molar refractivity (Wildman–Crippen MR) is 113 cm³/mol. The molecule has 1 aromatic carbocycles. The van der Waals surface area contributed by atoms with Gasteiger partial charge in [-0.2, -0.15) is 13.2 Å². The summed E-state index contributed by atoms with van der Waals surface area (Å²) in [6.07, 6.45) is 7.22. The Kier molecular flexibility index (Phi) is 7.94. The molecule has 2 rings (SSSR count). The van der Waals surface area contributed by atoms with Gasteiger partial charge in [-0.05, 0) is 68.5 Å². The second-order valence-corrected chi connectivity index (χ2v) is 7.28. The van der Waals surface area contributed by atoms with Gasteiger partial charge in [-0.3, -0.25) is 0 Å². The van der Waals surface area contributed by atoms with Crippen LogP contribution in [0.5, 0.6) is 0 Å². The van der Waals surface area contributed by atoms with E-state index in [1.165, 1.54) is 25.0 Å². The van der Waals surface area contributed by atoms with Crippen molar-refractivity contribution in [3.63, 3.8) is 0 Å². The monoisotopic (exact) mass is 403 g/mol. The lowest BCUT2D eigenvalue weighted by Crippen LogP contribution is -2.25. The Labute approximate surface area is 171 Å². The molecular formula is C24H28F3NO. The zero-order chi connectivity index (χ0) is 21.4. The van der Waals surface area contributed by atoms with Gasteiger partial charge in [0.15, 0.2) is 0 Å². The molecule has 5 heteroatoms. The van der Waals surface area contributed by atoms with Crippen LogP contribution < -0.4 is 5.32 Å². The van der Waals surface area contributed by atoms with Crippen molar-refractivity contribution in [1.82, 2.24) is 5.32 Å². The minimum absolute atomic E-state index is 0.0329. The van der Waals surface area contributed by atoms with Gasteiger partial charge < -0.3 is 10.1 Å². The molecule has 0 amide bonds. The van der Waals surface area contributed by atoms with Crippen molar-refractivity contribution in [1.29, 1.82) is 0 Å². The fourth-order valence-electron chi connectivity index (χ4n) is 2.45. The molecule has 1 aromatic rings. The van der Waals surface area contributed by atoms with Crippen molar-refractivity contribution in [3.05, 3.63) is 89.9 Å². The fourth-order valence-corrected chi connectivity index (χ4v) is 2.45. The lowest BCUT2D eigenvalue weighted by molar-refractivity contribution is -0.137. The number of rotatable bonds is 10. The molecule has 0 radical (unpaired) electrons. The number of nitrogens with one attached hydrogen (secondary N) is 1. The van der Waals surface area contributed by atoms with Crippen LogP contribution in [-0.2, 0) is 10.9 Å². The van der Waals surface area contributed by atoms with Gasteiger partial charge in [0.25, 0.3) is 0 Å². The zero-order valence-electron chi connectivity index (χ0n) is 16.9. The molecule has 0 aromatic heterocycles. The quantitative estimate of drug-likeness (QED) is 0.349. The summed E-state index contributed by atoms with van der Waals surface area (Å²) < 4.78 is 43.5. The van der Waals surface area contributed by atoms with Crippen LogP contribution in [0.1, 0.15) is 37.8 Å². The van der Waals surface area contributed by atoms with Gasteiger partial charge in [0.1, 0.15) is 5.76 Å². The van der Waals surface area contributed by atoms with E-state index in [9.17, 15) is 13.2 Å². The van der Waals surface area contributed by atoms with Crippen LogP contribution in [0, 0.1) is 5.92 Å². The van der Waals surface area contributed by atoms with Gasteiger partial charge in [-0.1, -0.05) is 43.0 Å². The van der Waals surface area contributed by atoms with E-state index < -0.39 is 11.7 Å². The second kappa shape index (κ2) is 10.2. The molecule has 1 fully saturated rings. The van der Waals surface area contributed by atoms with E-state index in [-0.39, 0.29) is 6.04 Å². The average molecular weight is 403 g/mol. The molecule has 2 nitrogen and oxygen atoms in total. The van der Waals surface area contributed by atoms with Crippen molar-refractivity contribution < 1.29 is 17.9 Å². The van der Waals surface area contributed by atoms with E-state index in [0.717, 1.165) is 30.1 Å². The van der Waals surface area contributed by atoms with E-state index in [2.05, 4.69) is 18.5 Å². The van der Waals surface area contributed by atoms with Gasteiger partial charge in [0.05, 0.1) is 12.2 Å². The SMILES string of the molecule is C=C/C(=C\C=C(/C)C(C)NC(=C)/C=C/c1ccc(C(F)(F)F)cc1)OCC1CC1. The van der Waals surface area contributed by atoms with Gasteiger partial charge in [0.2, 0.25) is 0 Å². The first kappa shape index (κ1) is 22.6. The molecule has 156 valence electrons. The van der Waals surface area contributed by atoms with Crippen molar-refractivity contribution >= 4 is 6.08 Å². The molecule has 1 aliphatic carbocycles. The van der Waals surface area contributed by atoms with Gasteiger partial charge in [0, 0.05) is 11.7 Å². The fraction of sp³-hybridized carbons (Fsp3) is 0.333. The number of alkyl halides is 3. The third kappa shape index (κ3) is 8.06. The highest BCUT2D eigenvalue weighted by Crippen LogP contribution is 2.30. The summed E-state index contributed by atoms with van der Waals surface area (Å²) >= 11 is 0. The van der Waals surface area contributed by atoms with Crippen molar-refractivity contribution in [3.8, 4) is 0 Å². The van der Waals surface area contributed by atoms with E-state index in [1.54, 1.807) is 18.2 Å². The number of ether oxygens (including phenoxy) is 1. The zero-order valence-corrected chi connectivity index (χ0v) is 16.9. The lowest BCUT2D eigenvalue weighted by atomic mass is 10.1. The third-order valence-electron chi connectivity index (χ3n) is 4.69. The Balaban J connectivity index is 1.87. The van der Waals surface area contributed by atoms with E-state index in [0.29, 0.717) is 17.2 Å². The van der Waals surface area contributed by atoms with Gasteiger partial charge in [-0.25, -0.2) is 0 Å². The topological polar surface area (TPSA) is 21.3 Å². The molecule has 0 saturated heterocycles. The highest BCUT2D eigenvalue weighted by atomic mass is 19.4. The molecule has 1 N–H and O–H groups in total. The summed E-state index contributed by atoms with van der Waals surface area (Å²) in [5.41, 5.74) is 1.77. The largest absolute Gasteiger partial charge is 0.493 e. The maximum atomic E-state index is 12.6. The molecule has 29 heavy (non-hydrogen) atoms. The number of hydrogen-bond donors (Lipinski definition) is 1. The molecular weight excluding hydrogens is 375 g/mol. The highest BCUT2D eigenvalue weighted by Gasteiger charge is 2.29. The van der Waals surface area contributed by atoms with Crippen LogP contribution in [0.2, 0.25) is 0 Å². The number of allylic oxidation sites excluding steroid dienone is 4. The van der Waals surface area contributed by atoms with Crippen molar-refractivity contribution in [2.75, 3.05) is 6.61 Å². The van der Waals surface area contributed by atoms with Crippen LogP contribution in [0.4, 0.5) is 13.2 Å². The standard InChI is InChI=1S/C24H28F3NO/c1-5-23(29-16-21-9-10-21)15-6-17(2)19(4)28-18(3)7-8-20-11-13-22(14-12-20)24(25,26)27/h5-8,11-15,19,21,28H,1,3,9-10,16H2,2,4H3/b8-7+,17-6+,23-15+. The summed E-state index contributed by atoms with van der Waals surface area (Å²) in [5, 5.41) is 3.26. The van der Waals surface area contributed by atoms with Gasteiger partial charge in [-0.15, -0.1) is 0 Å². The maximum absolute atomic E-state index is 12.6. The summed E-state index contributed by atoms with van der Waals surface area (Å²) in [4.78, 5) is 0. The Bertz CT molecular complexity index is 796. The van der Waals surface area contributed by atoms with Crippen LogP contribution in [0.25, 0.3) is 6.08 Å². The summed E-state index contributed by atoms with van der Waals surface area (Å²) in [7, 11) is 0. The smallest absolute Gasteiger partial charge is 0.416 e. The Morgan fingerprint density at radius 2 is 1.90 bits per heavy atom. The summed E-state index contributed by atoms with van der Waals surface area (Å²) in [6, 6.07) is 5.04. The highest BCUT2D eigenvalue weighted by molar-refractivity contribution is 5.53. The van der Waals surface area contributed by atoms with Crippen molar-refractivity contribution in [2.24, 2.45) is 5.92 Å². The predicted octanol–water partition coefficient (Wildman–Crippen LogP) is 6.65. The van der Waals surface area contributed by atoms with Crippen LogP contribution in [0.15, 0.2) is 78.8 Å². The molecule has 0 bridgehead atoms. The molecule has 1 unspecified atom stereocenters. The summed E-state index contributed by atoms with van der Waals surface area (Å²) in [5.74, 6) is 1.44. The molecule has 0 spiro atoms. The minimum atomic E-state index is -4.32. The average Bonchev–Trinajstić information content (AvgIpc) is 3.50. The first-order chi connectivity index (χ1) is 13.7. The number of halogens is 3. The van der Waals surface area contributed by atoms with E-state index in [1.807, 2.05) is 26.0 Å². The Morgan fingerprint density at radius 3 is 2.45 bits per heavy atom. The van der Waals surface area contributed by atoms with Crippen molar-refractivity contribution in [2.45, 2.75) is 38.9 Å². The van der Waals surface area contributed by atoms with E-state index >= 15 is 0 Å². The Morgan fingerprint density at radius 1 is 1.24 bits per heavy atom. The lowest BCUT2D eigenvalue weighted by Gasteiger charge is -2.16. The Hall–Kier alpha value is -2.69.